The number of thiophene rings is 1. The fourth-order valence-corrected chi connectivity index (χ4v) is 6.12. The summed E-state index contributed by atoms with van der Waals surface area (Å²) < 4.78 is 5.20. The Morgan fingerprint density at radius 2 is 2.00 bits per heavy atom. The Bertz CT molecular complexity index is 1120. The van der Waals surface area contributed by atoms with Crippen molar-refractivity contribution in [2.45, 2.75) is 66.3 Å². The molecular weight excluding hydrogens is 452 g/mol. The summed E-state index contributed by atoms with van der Waals surface area (Å²) in [5.41, 5.74) is 4.93. The van der Waals surface area contributed by atoms with E-state index in [0.29, 0.717) is 10.8 Å². The van der Waals surface area contributed by atoms with Crippen LogP contribution in [0.2, 0.25) is 0 Å². The maximum Gasteiger partial charge on any atom is 0.348 e. The molecule has 0 aromatic carbocycles. The molecule has 4 rings (SSSR count). The molecule has 1 aliphatic carbocycles. The smallest absolute Gasteiger partial charge is 0.348 e. The molecule has 5 heteroatoms. The molecule has 1 aliphatic heterocycles. The van der Waals surface area contributed by atoms with Crippen LogP contribution in [-0.4, -0.2) is 36.1 Å². The fourth-order valence-electron chi connectivity index (χ4n) is 5.16. The summed E-state index contributed by atoms with van der Waals surface area (Å²) in [6, 6.07) is 8.28. The number of methoxy groups -OCH3 is 1. The Morgan fingerprint density at radius 3 is 2.66 bits per heavy atom. The molecule has 0 atom stereocenters. The molecule has 186 valence electrons. The normalized spacial score (nSPS) is 21.4. The largest absolute Gasteiger partial charge is 0.465 e. The van der Waals surface area contributed by atoms with Crippen LogP contribution >= 0.6 is 11.3 Å². The third kappa shape index (κ3) is 6.63. The highest BCUT2D eigenvalue weighted by molar-refractivity contribution is 7.14. The molecule has 2 aliphatic rings. The number of esters is 1. The van der Waals surface area contributed by atoms with Crippen LogP contribution in [0, 0.1) is 29.1 Å². The lowest BCUT2D eigenvalue weighted by atomic mass is 9.75. The minimum atomic E-state index is -0.256. The van der Waals surface area contributed by atoms with E-state index < -0.39 is 0 Å². The van der Waals surface area contributed by atoms with Crippen molar-refractivity contribution in [2.75, 3.05) is 20.2 Å². The van der Waals surface area contributed by atoms with Gasteiger partial charge in [0.25, 0.3) is 0 Å². The molecule has 0 radical (unpaired) electrons. The summed E-state index contributed by atoms with van der Waals surface area (Å²) in [5.74, 6) is 7.77. The molecule has 2 aromatic rings. The molecule has 3 heterocycles. The van der Waals surface area contributed by atoms with Crippen molar-refractivity contribution in [1.82, 2.24) is 9.88 Å². The van der Waals surface area contributed by atoms with E-state index in [0.717, 1.165) is 48.1 Å². The molecule has 0 bridgehead atoms. The van der Waals surface area contributed by atoms with Crippen molar-refractivity contribution in [3.63, 3.8) is 0 Å². The minimum Gasteiger partial charge on any atom is -0.465 e. The van der Waals surface area contributed by atoms with Gasteiger partial charge in [0.2, 0.25) is 0 Å². The molecule has 1 saturated carbocycles. The fraction of sp³-hybridized carbons (Fsp3) is 0.533. The maximum atomic E-state index is 12.8. The quantitative estimate of drug-likeness (QED) is 0.341. The van der Waals surface area contributed by atoms with Gasteiger partial charge < -0.3 is 4.74 Å². The first-order chi connectivity index (χ1) is 16.7. The van der Waals surface area contributed by atoms with E-state index >= 15 is 0 Å². The zero-order chi connectivity index (χ0) is 25.0. The Kier molecular flexibility index (Phi) is 8.14. The molecular formula is C30H38N2O2S. The van der Waals surface area contributed by atoms with Gasteiger partial charge in [0.05, 0.1) is 17.7 Å². The number of rotatable bonds is 5. The lowest BCUT2D eigenvalue weighted by Gasteiger charge is -2.37. The number of carbonyl (C=O) groups excluding carboxylic acids is 1. The van der Waals surface area contributed by atoms with Crippen LogP contribution in [0.5, 0.6) is 0 Å². The van der Waals surface area contributed by atoms with Crippen LogP contribution in [-0.2, 0) is 11.3 Å². The van der Waals surface area contributed by atoms with Crippen molar-refractivity contribution in [3.8, 4) is 11.8 Å². The second kappa shape index (κ2) is 11.1. The van der Waals surface area contributed by atoms with E-state index in [2.05, 4.69) is 67.6 Å². The maximum absolute atomic E-state index is 12.8. The monoisotopic (exact) mass is 490 g/mol. The second-order valence-electron chi connectivity index (χ2n) is 11.1. The first kappa shape index (κ1) is 25.7. The number of aromatic nitrogens is 1. The average molecular weight is 491 g/mol. The second-order valence-corrected chi connectivity index (χ2v) is 12.1. The topological polar surface area (TPSA) is 42.4 Å². The first-order valence-electron chi connectivity index (χ1n) is 12.8. The molecule has 0 saturated heterocycles. The van der Waals surface area contributed by atoms with Crippen LogP contribution < -0.4 is 0 Å². The van der Waals surface area contributed by atoms with E-state index in [4.69, 9.17) is 4.74 Å². The standard InChI is InChI=1S/C30H38N2O2S/c1-21-9-11-22(12-10-21)27-20-32(19-23-8-6-7-16-31-23)17-14-25(27)26-18-24(13-15-30(2,3)4)35-28(26)29(33)34-5/h6-8,16,18,21-22H,9-12,14,17,19-20H2,1-5H3. The number of hydrogen-bond donors (Lipinski definition) is 0. The minimum absolute atomic E-state index is 0.0877. The third-order valence-corrected chi connectivity index (χ3v) is 8.10. The highest BCUT2D eigenvalue weighted by atomic mass is 32.1. The molecule has 1 fully saturated rings. The van der Waals surface area contributed by atoms with Crippen molar-refractivity contribution < 1.29 is 9.53 Å². The van der Waals surface area contributed by atoms with Gasteiger partial charge in [-0.25, -0.2) is 4.79 Å². The van der Waals surface area contributed by atoms with Crippen LogP contribution in [0.3, 0.4) is 0 Å². The van der Waals surface area contributed by atoms with Crippen LogP contribution in [0.1, 0.15) is 85.6 Å². The van der Waals surface area contributed by atoms with Gasteiger partial charge in [-0.3, -0.25) is 9.88 Å². The van der Waals surface area contributed by atoms with Crippen LogP contribution in [0.15, 0.2) is 36.0 Å². The number of carbonyl (C=O) groups is 1. The van der Waals surface area contributed by atoms with Gasteiger partial charge in [0.15, 0.2) is 0 Å². The molecule has 0 amide bonds. The highest BCUT2D eigenvalue weighted by Crippen LogP contribution is 2.42. The van der Waals surface area contributed by atoms with Crippen molar-refractivity contribution in [3.05, 3.63) is 57.0 Å². The van der Waals surface area contributed by atoms with E-state index in [-0.39, 0.29) is 11.4 Å². The lowest BCUT2D eigenvalue weighted by molar-refractivity contribution is 0.0606. The molecule has 0 spiro atoms. The van der Waals surface area contributed by atoms with E-state index in [1.165, 1.54) is 55.3 Å². The van der Waals surface area contributed by atoms with Crippen molar-refractivity contribution >= 4 is 22.9 Å². The van der Waals surface area contributed by atoms with E-state index in [1.54, 1.807) is 0 Å². The van der Waals surface area contributed by atoms with Gasteiger partial charge in [-0.1, -0.05) is 37.7 Å². The predicted molar refractivity (Wildman–Crippen MR) is 144 cm³/mol. The third-order valence-electron chi connectivity index (χ3n) is 7.07. The lowest BCUT2D eigenvalue weighted by Crippen LogP contribution is -2.34. The van der Waals surface area contributed by atoms with Gasteiger partial charge in [-0.15, -0.1) is 11.3 Å². The zero-order valence-corrected chi connectivity index (χ0v) is 22.6. The molecule has 2 aromatic heterocycles. The molecule has 4 nitrogen and oxygen atoms in total. The Labute approximate surface area is 214 Å². The molecule has 0 unspecified atom stereocenters. The Balaban J connectivity index is 1.73. The molecule has 0 N–H and O–H groups in total. The summed E-state index contributed by atoms with van der Waals surface area (Å²) in [4.78, 5) is 21.5. The van der Waals surface area contributed by atoms with Crippen molar-refractivity contribution in [2.24, 2.45) is 17.3 Å². The first-order valence-corrected chi connectivity index (χ1v) is 13.6. The number of nitrogens with zero attached hydrogens (tertiary/aromatic N) is 2. The number of pyridine rings is 1. The van der Waals surface area contributed by atoms with E-state index in [9.17, 15) is 4.79 Å². The highest BCUT2D eigenvalue weighted by Gasteiger charge is 2.31. The zero-order valence-electron chi connectivity index (χ0n) is 21.8. The summed E-state index contributed by atoms with van der Waals surface area (Å²) >= 11 is 1.47. The van der Waals surface area contributed by atoms with Gasteiger partial charge in [-0.05, 0) is 81.2 Å². The summed E-state index contributed by atoms with van der Waals surface area (Å²) in [6.45, 7) is 11.4. The summed E-state index contributed by atoms with van der Waals surface area (Å²) in [6.07, 6.45) is 7.81. The van der Waals surface area contributed by atoms with Gasteiger partial charge >= 0.3 is 5.97 Å². The Hall–Kier alpha value is -2.42. The summed E-state index contributed by atoms with van der Waals surface area (Å²) in [7, 11) is 1.47. The van der Waals surface area contributed by atoms with E-state index in [1.807, 2.05) is 12.3 Å². The van der Waals surface area contributed by atoms with Crippen LogP contribution in [0.25, 0.3) is 5.57 Å². The van der Waals surface area contributed by atoms with Crippen molar-refractivity contribution in [1.29, 1.82) is 0 Å². The van der Waals surface area contributed by atoms with Crippen LogP contribution in [0.4, 0.5) is 0 Å². The summed E-state index contributed by atoms with van der Waals surface area (Å²) in [5, 5.41) is 0. The average Bonchev–Trinajstić information content (AvgIpc) is 3.27. The molecule has 35 heavy (non-hydrogen) atoms. The number of ether oxygens (including phenoxy) is 1. The predicted octanol–water partition coefficient (Wildman–Crippen LogP) is 6.81. The van der Waals surface area contributed by atoms with Gasteiger partial charge in [-0.2, -0.15) is 0 Å². The van der Waals surface area contributed by atoms with Gasteiger partial charge in [0.1, 0.15) is 4.88 Å². The van der Waals surface area contributed by atoms with Gasteiger partial charge in [0, 0.05) is 36.8 Å². The Morgan fingerprint density at radius 1 is 1.23 bits per heavy atom. The number of hydrogen-bond acceptors (Lipinski definition) is 5. The SMILES string of the molecule is COC(=O)c1sc(C#CC(C)(C)C)cc1C1=C(C2CCC(C)CC2)CN(Cc2ccccn2)CC1.